The summed E-state index contributed by atoms with van der Waals surface area (Å²) < 4.78 is 38.2. The molecule has 0 unspecified atom stereocenters. The lowest BCUT2D eigenvalue weighted by Crippen LogP contribution is -2.30. The number of rotatable bonds is 4. The van der Waals surface area contributed by atoms with E-state index in [2.05, 4.69) is 4.98 Å². The Labute approximate surface area is 153 Å². The molecule has 3 rings (SSSR count). The summed E-state index contributed by atoms with van der Waals surface area (Å²) in [6, 6.07) is 12.6. The van der Waals surface area contributed by atoms with Crippen molar-refractivity contribution in [2.45, 2.75) is 16.5 Å². The number of benzene rings is 1. The maximum atomic E-state index is 12.9. The molecule has 2 heterocycles. The smallest absolute Gasteiger partial charge is 0.338 e. The summed E-state index contributed by atoms with van der Waals surface area (Å²) in [5.74, 6) is -0.306. The molecule has 2 atom stereocenters. The minimum absolute atomic E-state index is 0.0284. The number of halogens is 3. The van der Waals surface area contributed by atoms with Gasteiger partial charge < -0.3 is 10.6 Å². The zero-order valence-corrected chi connectivity index (χ0v) is 14.6. The molecule has 0 radical (unpaired) electrons. The van der Waals surface area contributed by atoms with E-state index in [-0.39, 0.29) is 34.2 Å². The van der Waals surface area contributed by atoms with E-state index in [9.17, 15) is 18.0 Å². The van der Waals surface area contributed by atoms with E-state index in [0.29, 0.717) is 19.6 Å². The third-order valence-electron chi connectivity index (χ3n) is 4.47. The molecule has 1 aromatic heterocycles. The van der Waals surface area contributed by atoms with Gasteiger partial charge in [0.1, 0.15) is 5.03 Å². The van der Waals surface area contributed by atoms with Gasteiger partial charge in [-0.25, -0.2) is 4.98 Å². The van der Waals surface area contributed by atoms with Crippen molar-refractivity contribution in [1.29, 1.82) is 0 Å². The zero-order valence-electron chi connectivity index (χ0n) is 13.8. The Balaban J connectivity index is 1.83. The van der Waals surface area contributed by atoms with E-state index >= 15 is 0 Å². The second kappa shape index (κ2) is 7.67. The third kappa shape index (κ3) is 4.19. The summed E-state index contributed by atoms with van der Waals surface area (Å²) >= 11 is -0.365. The van der Waals surface area contributed by atoms with Crippen molar-refractivity contribution in [2.24, 2.45) is 11.7 Å². The van der Waals surface area contributed by atoms with Gasteiger partial charge in [0.05, 0.1) is 5.56 Å². The number of nitrogens with two attached hydrogens (primary N) is 1. The van der Waals surface area contributed by atoms with E-state index in [0.717, 1.165) is 5.56 Å². The lowest BCUT2D eigenvalue weighted by molar-refractivity contribution is -0.0329. The minimum Gasteiger partial charge on any atom is -0.338 e. The molecule has 1 aromatic carbocycles. The summed E-state index contributed by atoms with van der Waals surface area (Å²) in [6.07, 6.45) is 1.25. The highest BCUT2D eigenvalue weighted by Gasteiger charge is 2.38. The van der Waals surface area contributed by atoms with Crippen LogP contribution in [-0.2, 0) is 0 Å². The molecular formula is C18H18F3N3OS. The number of hydrogen-bond acceptors (Lipinski definition) is 4. The molecule has 2 aromatic rings. The van der Waals surface area contributed by atoms with Crippen LogP contribution in [0.4, 0.5) is 13.2 Å². The van der Waals surface area contributed by atoms with E-state index in [1.165, 1.54) is 18.3 Å². The van der Waals surface area contributed by atoms with Gasteiger partial charge >= 0.3 is 5.51 Å². The van der Waals surface area contributed by atoms with Crippen molar-refractivity contribution in [3.8, 4) is 0 Å². The number of nitrogens with zero attached hydrogens (tertiary/aromatic N) is 2. The monoisotopic (exact) mass is 381 g/mol. The van der Waals surface area contributed by atoms with Crippen LogP contribution in [0.5, 0.6) is 0 Å². The topological polar surface area (TPSA) is 59.2 Å². The largest absolute Gasteiger partial charge is 0.447 e. The van der Waals surface area contributed by atoms with Crippen LogP contribution in [0, 0.1) is 5.92 Å². The van der Waals surface area contributed by atoms with Crippen LogP contribution < -0.4 is 5.73 Å². The van der Waals surface area contributed by atoms with Gasteiger partial charge in [-0.1, -0.05) is 30.3 Å². The Morgan fingerprint density at radius 1 is 1.19 bits per heavy atom. The second-order valence-corrected chi connectivity index (χ2v) is 7.18. The van der Waals surface area contributed by atoms with Crippen molar-refractivity contribution >= 4 is 17.7 Å². The van der Waals surface area contributed by atoms with Crippen molar-refractivity contribution in [1.82, 2.24) is 9.88 Å². The molecule has 1 saturated heterocycles. The van der Waals surface area contributed by atoms with E-state index in [1.807, 2.05) is 30.3 Å². The van der Waals surface area contributed by atoms with Crippen molar-refractivity contribution < 1.29 is 18.0 Å². The first-order valence-electron chi connectivity index (χ1n) is 8.14. The van der Waals surface area contributed by atoms with Crippen LogP contribution in [-0.4, -0.2) is 40.9 Å². The molecule has 0 spiro atoms. The lowest BCUT2D eigenvalue weighted by Gasteiger charge is -2.18. The minimum atomic E-state index is -4.50. The molecule has 138 valence electrons. The van der Waals surface area contributed by atoms with Gasteiger partial charge in [-0.15, -0.1) is 0 Å². The first-order valence-corrected chi connectivity index (χ1v) is 8.95. The molecule has 8 heteroatoms. The van der Waals surface area contributed by atoms with Gasteiger partial charge in [0, 0.05) is 37.0 Å². The molecule has 26 heavy (non-hydrogen) atoms. The molecule has 1 aliphatic rings. The van der Waals surface area contributed by atoms with Crippen LogP contribution in [0.25, 0.3) is 0 Å². The summed E-state index contributed by atoms with van der Waals surface area (Å²) in [7, 11) is 0. The number of thioether (sulfide) groups is 1. The Morgan fingerprint density at radius 2 is 1.92 bits per heavy atom. The van der Waals surface area contributed by atoms with Gasteiger partial charge in [-0.2, -0.15) is 13.2 Å². The first-order chi connectivity index (χ1) is 12.4. The fraction of sp³-hybridized carbons (Fsp3) is 0.333. The second-order valence-electron chi connectivity index (χ2n) is 6.13. The summed E-state index contributed by atoms with van der Waals surface area (Å²) in [5.41, 5.74) is 2.42. The Bertz CT molecular complexity index is 770. The highest BCUT2D eigenvalue weighted by molar-refractivity contribution is 8.00. The Morgan fingerprint density at radius 3 is 2.58 bits per heavy atom. The van der Waals surface area contributed by atoms with Crippen molar-refractivity contribution in [3.63, 3.8) is 0 Å². The SMILES string of the molecule is NC[C@@H]1CN(C(=O)c2cccnc2SC(F)(F)F)C[C@H]1c1ccccc1. The fourth-order valence-corrected chi connectivity index (χ4v) is 3.87. The molecule has 1 fully saturated rings. The molecule has 0 aliphatic carbocycles. The van der Waals surface area contributed by atoms with Gasteiger partial charge in [0.15, 0.2) is 0 Å². The third-order valence-corrected chi connectivity index (χ3v) is 5.22. The number of aromatic nitrogens is 1. The van der Waals surface area contributed by atoms with Gasteiger partial charge in [0.25, 0.3) is 5.91 Å². The molecular weight excluding hydrogens is 363 g/mol. The van der Waals surface area contributed by atoms with Crippen LogP contribution in [0.2, 0.25) is 0 Å². The van der Waals surface area contributed by atoms with E-state index in [4.69, 9.17) is 5.73 Å². The highest BCUT2D eigenvalue weighted by atomic mass is 32.2. The number of amides is 1. The lowest BCUT2D eigenvalue weighted by atomic mass is 9.89. The average molecular weight is 381 g/mol. The Hall–Kier alpha value is -2.06. The molecule has 2 N–H and O–H groups in total. The highest BCUT2D eigenvalue weighted by Crippen LogP contribution is 2.38. The van der Waals surface area contributed by atoms with E-state index in [1.54, 1.807) is 4.90 Å². The molecule has 1 aliphatic heterocycles. The number of hydrogen-bond donors (Lipinski definition) is 1. The van der Waals surface area contributed by atoms with Gasteiger partial charge in [-0.05, 0) is 30.2 Å². The Kier molecular flexibility index (Phi) is 5.52. The fourth-order valence-electron chi connectivity index (χ4n) is 3.27. The van der Waals surface area contributed by atoms with Crippen LogP contribution in [0.3, 0.4) is 0 Å². The van der Waals surface area contributed by atoms with Crippen LogP contribution in [0.15, 0.2) is 53.7 Å². The van der Waals surface area contributed by atoms with Crippen molar-refractivity contribution in [2.75, 3.05) is 19.6 Å². The number of carbonyl (C=O) groups excluding carboxylic acids is 1. The number of pyridine rings is 1. The normalized spacial score (nSPS) is 20.4. The molecule has 4 nitrogen and oxygen atoms in total. The average Bonchev–Trinajstić information content (AvgIpc) is 3.05. The van der Waals surface area contributed by atoms with E-state index < -0.39 is 11.4 Å². The number of carbonyl (C=O) groups is 1. The summed E-state index contributed by atoms with van der Waals surface area (Å²) in [6.45, 7) is 1.25. The van der Waals surface area contributed by atoms with Crippen LogP contribution in [0.1, 0.15) is 21.8 Å². The predicted octanol–water partition coefficient (Wildman–Crippen LogP) is 3.51. The summed E-state index contributed by atoms with van der Waals surface area (Å²) in [4.78, 5) is 18.2. The predicted molar refractivity (Wildman–Crippen MR) is 93.8 cm³/mol. The van der Waals surface area contributed by atoms with Crippen molar-refractivity contribution in [3.05, 3.63) is 59.8 Å². The maximum Gasteiger partial charge on any atom is 0.447 e. The number of alkyl halides is 3. The number of likely N-dealkylation sites (tertiary alicyclic amines) is 1. The van der Waals surface area contributed by atoms with Crippen LogP contribution >= 0.6 is 11.8 Å². The summed E-state index contributed by atoms with van der Waals surface area (Å²) in [5, 5.41) is -0.322. The first kappa shape index (κ1) is 18.7. The van der Waals surface area contributed by atoms with Gasteiger partial charge in [0.2, 0.25) is 0 Å². The molecule has 0 bridgehead atoms. The maximum absolute atomic E-state index is 12.9. The molecule has 0 saturated carbocycles. The standard InChI is InChI=1S/C18H18F3N3OS/c19-18(20,21)26-16-14(7-4-8-23-16)17(25)24-10-13(9-22)15(11-24)12-5-2-1-3-6-12/h1-8,13,15H,9-11,22H2/t13-,15+/m1/s1. The quantitative estimate of drug-likeness (QED) is 0.824. The zero-order chi connectivity index (χ0) is 18.7. The van der Waals surface area contributed by atoms with Gasteiger partial charge in [-0.3, -0.25) is 4.79 Å². The molecule has 1 amide bonds.